The molecule has 3 heterocycles. The van der Waals surface area contributed by atoms with Crippen molar-refractivity contribution in [3.8, 4) is 0 Å². The number of fused-ring (bicyclic) bond motifs is 1. The summed E-state index contributed by atoms with van der Waals surface area (Å²) in [6.45, 7) is 4.26. The number of nitrogens with zero attached hydrogens (tertiary/aromatic N) is 7. The predicted octanol–water partition coefficient (Wildman–Crippen LogP) is 2.22. The van der Waals surface area contributed by atoms with E-state index in [1.54, 1.807) is 9.58 Å². The molecular formula is C18H18F3N7O. The number of aryl methyl sites for hydroxylation is 1. The maximum atomic E-state index is 12.9. The Bertz CT molecular complexity index is 1040. The molecule has 152 valence electrons. The number of piperazine rings is 1. The van der Waals surface area contributed by atoms with Crippen LogP contribution in [0.4, 0.5) is 19.0 Å². The van der Waals surface area contributed by atoms with Gasteiger partial charge in [-0.1, -0.05) is 11.3 Å². The fourth-order valence-corrected chi connectivity index (χ4v) is 3.36. The molecule has 11 heteroatoms. The van der Waals surface area contributed by atoms with Gasteiger partial charge in [0.25, 0.3) is 5.91 Å². The number of rotatable bonds is 3. The zero-order valence-electron chi connectivity index (χ0n) is 15.6. The molecule has 0 aliphatic carbocycles. The summed E-state index contributed by atoms with van der Waals surface area (Å²) in [6, 6.07) is 4.51. The van der Waals surface area contributed by atoms with E-state index in [-0.39, 0.29) is 5.56 Å². The Morgan fingerprint density at radius 1 is 1.14 bits per heavy atom. The van der Waals surface area contributed by atoms with E-state index >= 15 is 0 Å². The summed E-state index contributed by atoms with van der Waals surface area (Å²) in [5.74, 6) is 0.223. The first-order chi connectivity index (χ1) is 13.9. The topological polar surface area (TPSA) is 80.0 Å². The molecule has 4 rings (SSSR count). The second-order valence-corrected chi connectivity index (χ2v) is 6.63. The zero-order valence-corrected chi connectivity index (χ0v) is 15.6. The highest BCUT2D eigenvalue weighted by molar-refractivity contribution is 5.94. The fourth-order valence-electron chi connectivity index (χ4n) is 3.36. The van der Waals surface area contributed by atoms with Crippen molar-refractivity contribution in [2.24, 2.45) is 0 Å². The summed E-state index contributed by atoms with van der Waals surface area (Å²) in [5.41, 5.74) is 0.431. The van der Waals surface area contributed by atoms with Crippen molar-refractivity contribution < 1.29 is 18.0 Å². The predicted molar refractivity (Wildman–Crippen MR) is 98.4 cm³/mol. The lowest BCUT2D eigenvalue weighted by atomic mass is 10.1. The molecule has 1 aromatic carbocycles. The minimum absolute atomic E-state index is 0.0311. The van der Waals surface area contributed by atoms with Crippen molar-refractivity contribution >= 4 is 22.9 Å². The monoisotopic (exact) mass is 405 g/mol. The highest BCUT2D eigenvalue weighted by atomic mass is 19.4. The van der Waals surface area contributed by atoms with E-state index in [1.165, 1.54) is 18.5 Å². The Balaban J connectivity index is 1.49. The van der Waals surface area contributed by atoms with Crippen LogP contribution in [0.1, 0.15) is 22.8 Å². The second-order valence-electron chi connectivity index (χ2n) is 6.63. The van der Waals surface area contributed by atoms with E-state index in [4.69, 9.17) is 0 Å². The van der Waals surface area contributed by atoms with Crippen molar-refractivity contribution in [3.05, 3.63) is 41.7 Å². The van der Waals surface area contributed by atoms with Crippen LogP contribution in [0, 0.1) is 0 Å². The van der Waals surface area contributed by atoms with Gasteiger partial charge in [-0.3, -0.25) is 4.79 Å². The maximum Gasteiger partial charge on any atom is 0.416 e. The molecule has 0 N–H and O–H groups in total. The number of hydrogen-bond acceptors (Lipinski definition) is 6. The maximum absolute atomic E-state index is 12.9. The molecule has 0 saturated carbocycles. The Morgan fingerprint density at radius 2 is 1.90 bits per heavy atom. The summed E-state index contributed by atoms with van der Waals surface area (Å²) >= 11 is 0. The molecule has 1 saturated heterocycles. The second kappa shape index (κ2) is 7.30. The molecule has 8 nitrogen and oxygen atoms in total. The summed E-state index contributed by atoms with van der Waals surface area (Å²) in [7, 11) is 0. The van der Waals surface area contributed by atoms with Gasteiger partial charge in [0.15, 0.2) is 17.0 Å². The van der Waals surface area contributed by atoms with Crippen LogP contribution in [-0.2, 0) is 12.7 Å². The molecule has 1 aliphatic heterocycles. The third-order valence-electron chi connectivity index (χ3n) is 4.88. The molecular weight excluding hydrogens is 387 g/mol. The Morgan fingerprint density at radius 3 is 2.59 bits per heavy atom. The molecule has 0 spiro atoms. The van der Waals surface area contributed by atoms with Crippen LogP contribution in [0.5, 0.6) is 0 Å². The molecule has 0 atom stereocenters. The van der Waals surface area contributed by atoms with Gasteiger partial charge in [0.05, 0.1) is 5.56 Å². The number of halogens is 3. The standard InChI is InChI=1S/C18H18F3N7O/c1-2-28-16-14(24-25-28)15(22-11-23-16)26-6-8-27(9-7-26)17(29)12-4-3-5-13(10-12)18(19,20)21/h3-5,10-11H,2,6-9H2,1H3. The number of amides is 1. The highest BCUT2D eigenvalue weighted by Gasteiger charge is 2.32. The molecule has 29 heavy (non-hydrogen) atoms. The summed E-state index contributed by atoms with van der Waals surface area (Å²) in [5, 5.41) is 8.22. The van der Waals surface area contributed by atoms with Crippen molar-refractivity contribution in [3.63, 3.8) is 0 Å². The Kier molecular flexibility index (Phi) is 4.81. The van der Waals surface area contributed by atoms with Crippen LogP contribution < -0.4 is 4.90 Å². The molecule has 1 fully saturated rings. The van der Waals surface area contributed by atoms with E-state index in [0.29, 0.717) is 49.7 Å². The van der Waals surface area contributed by atoms with Crippen molar-refractivity contribution in [1.82, 2.24) is 29.9 Å². The number of aromatic nitrogens is 5. The lowest BCUT2D eigenvalue weighted by Gasteiger charge is -2.35. The quantitative estimate of drug-likeness (QED) is 0.665. The summed E-state index contributed by atoms with van der Waals surface area (Å²) < 4.78 is 40.4. The lowest BCUT2D eigenvalue weighted by molar-refractivity contribution is -0.137. The Labute approximate surface area is 163 Å². The van der Waals surface area contributed by atoms with Gasteiger partial charge < -0.3 is 9.80 Å². The average molecular weight is 405 g/mol. The molecule has 1 aliphatic rings. The normalized spacial score (nSPS) is 15.2. The van der Waals surface area contributed by atoms with Crippen LogP contribution in [0.15, 0.2) is 30.6 Å². The number of carbonyl (C=O) groups is 1. The minimum Gasteiger partial charge on any atom is -0.351 e. The van der Waals surface area contributed by atoms with Crippen molar-refractivity contribution in [2.75, 3.05) is 31.1 Å². The molecule has 0 radical (unpaired) electrons. The molecule has 2 aromatic heterocycles. The smallest absolute Gasteiger partial charge is 0.351 e. The molecule has 0 bridgehead atoms. The first kappa shape index (κ1) is 19.1. The van der Waals surface area contributed by atoms with Crippen molar-refractivity contribution in [2.45, 2.75) is 19.6 Å². The number of anilines is 1. The van der Waals surface area contributed by atoms with Crippen LogP contribution in [0.3, 0.4) is 0 Å². The summed E-state index contributed by atoms with van der Waals surface area (Å²) in [6.07, 6.45) is -3.03. The average Bonchev–Trinajstić information content (AvgIpc) is 3.16. The third-order valence-corrected chi connectivity index (χ3v) is 4.88. The van der Waals surface area contributed by atoms with E-state index in [9.17, 15) is 18.0 Å². The van der Waals surface area contributed by atoms with E-state index in [1.807, 2.05) is 11.8 Å². The fraction of sp³-hybridized carbons (Fsp3) is 0.389. The van der Waals surface area contributed by atoms with Crippen LogP contribution in [0.25, 0.3) is 11.2 Å². The lowest BCUT2D eigenvalue weighted by Crippen LogP contribution is -2.49. The van der Waals surface area contributed by atoms with E-state index in [0.717, 1.165) is 12.1 Å². The van der Waals surface area contributed by atoms with Gasteiger partial charge >= 0.3 is 6.18 Å². The van der Waals surface area contributed by atoms with E-state index in [2.05, 4.69) is 20.3 Å². The van der Waals surface area contributed by atoms with Crippen LogP contribution >= 0.6 is 0 Å². The van der Waals surface area contributed by atoms with Gasteiger partial charge in [0.1, 0.15) is 6.33 Å². The van der Waals surface area contributed by atoms with E-state index < -0.39 is 17.6 Å². The molecule has 0 unspecified atom stereocenters. The number of alkyl halides is 3. The van der Waals surface area contributed by atoms with Crippen molar-refractivity contribution in [1.29, 1.82) is 0 Å². The molecule has 3 aromatic rings. The first-order valence-corrected chi connectivity index (χ1v) is 9.14. The number of benzene rings is 1. The molecule has 1 amide bonds. The minimum atomic E-state index is -4.48. The third kappa shape index (κ3) is 3.59. The number of hydrogen-bond donors (Lipinski definition) is 0. The largest absolute Gasteiger partial charge is 0.416 e. The van der Waals surface area contributed by atoms with Gasteiger partial charge in [-0.15, -0.1) is 5.10 Å². The highest BCUT2D eigenvalue weighted by Crippen LogP contribution is 2.30. The van der Waals surface area contributed by atoms with Crippen LogP contribution in [-0.4, -0.2) is 61.9 Å². The van der Waals surface area contributed by atoms with Gasteiger partial charge in [-0.25, -0.2) is 14.6 Å². The van der Waals surface area contributed by atoms with Gasteiger partial charge in [0.2, 0.25) is 0 Å². The summed E-state index contributed by atoms with van der Waals surface area (Å²) in [4.78, 5) is 24.7. The van der Waals surface area contributed by atoms with Gasteiger partial charge in [-0.2, -0.15) is 13.2 Å². The zero-order chi connectivity index (χ0) is 20.6. The van der Waals surface area contributed by atoms with Crippen LogP contribution in [0.2, 0.25) is 0 Å². The SMILES string of the molecule is CCn1nnc2c(N3CCN(C(=O)c4cccc(C(F)(F)F)c4)CC3)ncnc21. The number of carbonyl (C=O) groups excluding carboxylic acids is 1. The first-order valence-electron chi connectivity index (χ1n) is 9.14. The van der Waals surface area contributed by atoms with Gasteiger partial charge in [-0.05, 0) is 25.1 Å². The Hall–Kier alpha value is -3.24. The van der Waals surface area contributed by atoms with Gasteiger partial charge in [0, 0.05) is 38.3 Å².